The van der Waals surface area contributed by atoms with Gasteiger partial charge in [-0.1, -0.05) is 26.7 Å². The van der Waals surface area contributed by atoms with Crippen LogP contribution in [0.5, 0.6) is 0 Å². The van der Waals surface area contributed by atoms with Crippen molar-refractivity contribution in [3.8, 4) is 0 Å². The molecular formula is C20H47NO4Si2. The predicted molar refractivity (Wildman–Crippen MR) is 120 cm³/mol. The summed E-state index contributed by atoms with van der Waals surface area (Å²) in [5, 5.41) is 0. The standard InChI is InChI=1S/C20H47NO4Si2/c1-7-22-26(11-5,23-8-2)17-13-15-20(19-21)16-14-18-27(12-6,24-9-3)25-10-4/h20H,7-19,21H2,1-6H3. The molecule has 164 valence electrons. The van der Waals surface area contributed by atoms with Crippen LogP contribution in [0.25, 0.3) is 0 Å². The Morgan fingerprint density at radius 2 is 0.963 bits per heavy atom. The van der Waals surface area contributed by atoms with Crippen LogP contribution < -0.4 is 5.73 Å². The fourth-order valence-electron chi connectivity index (χ4n) is 3.89. The summed E-state index contributed by atoms with van der Waals surface area (Å²) < 4.78 is 24.3. The molecule has 0 heterocycles. The average Bonchev–Trinajstić information content (AvgIpc) is 2.67. The van der Waals surface area contributed by atoms with Gasteiger partial charge in [0.05, 0.1) is 0 Å². The first-order valence-electron chi connectivity index (χ1n) is 11.3. The Labute approximate surface area is 171 Å². The van der Waals surface area contributed by atoms with Crippen LogP contribution in [0.1, 0.15) is 67.2 Å². The summed E-state index contributed by atoms with van der Waals surface area (Å²) in [5.74, 6) is 0.573. The van der Waals surface area contributed by atoms with Gasteiger partial charge in [-0.3, -0.25) is 0 Å². The first-order chi connectivity index (χ1) is 13.0. The van der Waals surface area contributed by atoms with Crippen LogP contribution in [-0.4, -0.2) is 50.1 Å². The summed E-state index contributed by atoms with van der Waals surface area (Å²) in [6, 6.07) is 4.20. The Balaban J connectivity index is 4.48. The summed E-state index contributed by atoms with van der Waals surface area (Å²) in [5.41, 5.74) is 6.07. The number of nitrogens with two attached hydrogens (primary N) is 1. The molecule has 2 N–H and O–H groups in total. The molecule has 0 aromatic carbocycles. The number of rotatable bonds is 19. The molecule has 0 bridgehead atoms. The number of hydrogen-bond acceptors (Lipinski definition) is 5. The molecular weight excluding hydrogens is 374 g/mol. The zero-order chi connectivity index (χ0) is 20.6. The highest BCUT2D eigenvalue weighted by molar-refractivity contribution is 6.67. The normalized spacial score (nSPS) is 12.9. The van der Waals surface area contributed by atoms with Gasteiger partial charge in [-0.15, -0.1) is 0 Å². The zero-order valence-corrected chi connectivity index (χ0v) is 21.0. The Bertz CT molecular complexity index is 306. The van der Waals surface area contributed by atoms with Crippen molar-refractivity contribution in [2.45, 2.75) is 91.4 Å². The largest absolute Gasteiger partial charge is 0.394 e. The lowest BCUT2D eigenvalue weighted by Gasteiger charge is -2.30. The fraction of sp³-hybridized carbons (Fsp3) is 1.00. The summed E-state index contributed by atoms with van der Waals surface area (Å²) >= 11 is 0. The van der Waals surface area contributed by atoms with Crippen molar-refractivity contribution >= 4 is 17.1 Å². The van der Waals surface area contributed by atoms with E-state index in [1.165, 1.54) is 0 Å². The van der Waals surface area contributed by atoms with E-state index in [0.717, 1.165) is 82.8 Å². The summed E-state index contributed by atoms with van der Waals surface area (Å²) in [6.07, 6.45) is 4.62. The third-order valence-corrected chi connectivity index (χ3v) is 13.0. The maximum atomic E-state index is 6.09. The first-order valence-corrected chi connectivity index (χ1v) is 15.7. The summed E-state index contributed by atoms with van der Waals surface area (Å²) in [6.45, 7) is 16.4. The minimum absolute atomic E-state index is 0.573. The monoisotopic (exact) mass is 421 g/mol. The minimum Gasteiger partial charge on any atom is -0.394 e. The first kappa shape index (κ1) is 27.2. The van der Waals surface area contributed by atoms with Crippen LogP contribution >= 0.6 is 0 Å². The Morgan fingerprint density at radius 3 is 1.19 bits per heavy atom. The van der Waals surface area contributed by atoms with Gasteiger partial charge in [0.1, 0.15) is 0 Å². The van der Waals surface area contributed by atoms with Gasteiger partial charge in [-0.25, -0.2) is 0 Å². The van der Waals surface area contributed by atoms with Crippen LogP contribution in [0, 0.1) is 5.92 Å². The summed E-state index contributed by atoms with van der Waals surface area (Å²) in [7, 11) is -4.02. The third kappa shape index (κ3) is 10.5. The highest BCUT2D eigenvalue weighted by Crippen LogP contribution is 2.27. The molecule has 0 saturated carbocycles. The van der Waals surface area contributed by atoms with Gasteiger partial charge in [0.15, 0.2) is 0 Å². The zero-order valence-electron chi connectivity index (χ0n) is 19.0. The van der Waals surface area contributed by atoms with E-state index in [4.69, 9.17) is 23.4 Å². The topological polar surface area (TPSA) is 62.9 Å². The average molecular weight is 422 g/mol. The van der Waals surface area contributed by atoms with Crippen molar-refractivity contribution in [2.75, 3.05) is 33.0 Å². The molecule has 0 atom stereocenters. The van der Waals surface area contributed by atoms with Gasteiger partial charge in [0.2, 0.25) is 0 Å². The van der Waals surface area contributed by atoms with Crippen LogP contribution in [0.4, 0.5) is 0 Å². The Hall–Kier alpha value is 0.234. The molecule has 0 aromatic rings. The lowest BCUT2D eigenvalue weighted by atomic mass is 9.99. The van der Waals surface area contributed by atoms with Gasteiger partial charge in [0.25, 0.3) is 0 Å². The van der Waals surface area contributed by atoms with Gasteiger partial charge in [-0.2, -0.15) is 0 Å². The molecule has 0 aromatic heterocycles. The van der Waals surface area contributed by atoms with Gasteiger partial charge in [0, 0.05) is 26.4 Å². The van der Waals surface area contributed by atoms with Crippen molar-refractivity contribution in [3.05, 3.63) is 0 Å². The van der Waals surface area contributed by atoms with Crippen molar-refractivity contribution in [2.24, 2.45) is 11.7 Å². The smallest absolute Gasteiger partial charge is 0.337 e. The van der Waals surface area contributed by atoms with Crippen LogP contribution in [-0.2, 0) is 17.7 Å². The lowest BCUT2D eigenvalue weighted by Crippen LogP contribution is -2.42. The molecule has 0 unspecified atom stereocenters. The van der Waals surface area contributed by atoms with Crippen molar-refractivity contribution in [1.29, 1.82) is 0 Å². The van der Waals surface area contributed by atoms with Crippen LogP contribution in [0.15, 0.2) is 0 Å². The number of hydrogen-bond donors (Lipinski definition) is 1. The molecule has 0 aliphatic rings. The van der Waals surface area contributed by atoms with Gasteiger partial charge < -0.3 is 23.4 Å². The Kier molecular flexibility index (Phi) is 16.2. The molecule has 0 aliphatic carbocycles. The fourth-order valence-corrected chi connectivity index (χ4v) is 9.74. The van der Waals surface area contributed by atoms with E-state index in [-0.39, 0.29) is 0 Å². The maximum absolute atomic E-state index is 6.09. The van der Waals surface area contributed by atoms with E-state index < -0.39 is 17.1 Å². The van der Waals surface area contributed by atoms with E-state index in [0.29, 0.717) is 5.92 Å². The summed E-state index contributed by atoms with van der Waals surface area (Å²) in [4.78, 5) is 0. The molecule has 5 nitrogen and oxygen atoms in total. The van der Waals surface area contributed by atoms with Gasteiger partial charge in [-0.05, 0) is 77.2 Å². The van der Waals surface area contributed by atoms with Crippen molar-refractivity contribution in [1.82, 2.24) is 0 Å². The van der Waals surface area contributed by atoms with Crippen molar-refractivity contribution in [3.63, 3.8) is 0 Å². The molecule has 0 aliphatic heterocycles. The molecule has 7 heteroatoms. The predicted octanol–water partition coefficient (Wildman–Crippen LogP) is 5.19. The molecule has 0 radical (unpaired) electrons. The van der Waals surface area contributed by atoms with Crippen LogP contribution in [0.3, 0.4) is 0 Å². The second-order valence-electron chi connectivity index (χ2n) is 7.15. The van der Waals surface area contributed by atoms with E-state index in [1.54, 1.807) is 0 Å². The van der Waals surface area contributed by atoms with E-state index >= 15 is 0 Å². The second-order valence-corrected chi connectivity index (χ2v) is 14.4. The van der Waals surface area contributed by atoms with E-state index in [1.807, 2.05) is 0 Å². The lowest BCUT2D eigenvalue weighted by molar-refractivity contribution is 0.181. The molecule has 0 amide bonds. The molecule has 0 rings (SSSR count). The van der Waals surface area contributed by atoms with Gasteiger partial charge >= 0.3 is 17.1 Å². The van der Waals surface area contributed by atoms with Crippen molar-refractivity contribution < 1.29 is 17.7 Å². The third-order valence-electron chi connectivity index (χ3n) is 5.38. The second kappa shape index (κ2) is 16.1. The molecule has 0 fully saturated rings. The minimum atomic E-state index is -2.01. The Morgan fingerprint density at radius 1 is 0.630 bits per heavy atom. The SMILES string of the molecule is CCO[Si](CC)(CCCC(CN)CCC[Si](CC)(OCC)OCC)OCC. The molecule has 0 spiro atoms. The maximum Gasteiger partial charge on any atom is 0.337 e. The molecule has 0 saturated heterocycles. The highest BCUT2D eigenvalue weighted by Gasteiger charge is 2.35. The quantitative estimate of drug-likeness (QED) is 0.291. The molecule has 27 heavy (non-hydrogen) atoms. The van der Waals surface area contributed by atoms with E-state index in [9.17, 15) is 0 Å². The van der Waals surface area contributed by atoms with Crippen LogP contribution in [0.2, 0.25) is 24.2 Å². The van der Waals surface area contributed by atoms with E-state index in [2.05, 4.69) is 41.5 Å². The highest BCUT2D eigenvalue weighted by atomic mass is 28.4.